The molecule has 3 aliphatic rings. The summed E-state index contributed by atoms with van der Waals surface area (Å²) in [5, 5.41) is 0. The number of fused-ring (bicyclic) bond motifs is 1. The molecular weight excluding hydrogens is 294 g/mol. The fourth-order valence-electron chi connectivity index (χ4n) is 4.86. The van der Waals surface area contributed by atoms with E-state index in [2.05, 4.69) is 42.3 Å². The van der Waals surface area contributed by atoms with Crippen molar-refractivity contribution in [2.45, 2.75) is 100 Å². The second-order valence-corrected chi connectivity index (χ2v) is 10.5. The van der Waals surface area contributed by atoms with E-state index < -0.39 is 0 Å². The lowest BCUT2D eigenvalue weighted by atomic mass is 9.92. The Morgan fingerprint density at radius 1 is 0.952 bits per heavy atom. The Bertz CT molecular complexity index is 327. The molecule has 0 saturated carbocycles. The normalized spacial score (nSPS) is 36.0. The predicted octanol–water partition coefficient (Wildman–Crippen LogP) is 5.54. The summed E-state index contributed by atoms with van der Waals surface area (Å²) in [4.78, 5) is 3.01. The fourth-order valence-corrected chi connectivity index (χ4v) is 8.44. The summed E-state index contributed by atoms with van der Waals surface area (Å²) >= 11 is 4.64. The van der Waals surface area contributed by atoms with Gasteiger partial charge in [-0.15, -0.1) is 23.5 Å². The summed E-state index contributed by atoms with van der Waals surface area (Å²) in [6.45, 7) is 4.73. The standard InChI is InChI=1S/C18H33NS2/c1-3-5-8-15-9-10-17-14-18(20-11-6-12-21-18)13-16(7-4-2)19(15)17/h15-17H,3-14H2,1-2H3/t15-,16-,17+/m1/s1. The van der Waals surface area contributed by atoms with Crippen molar-refractivity contribution in [1.82, 2.24) is 4.90 Å². The molecule has 1 spiro atoms. The van der Waals surface area contributed by atoms with Crippen molar-refractivity contribution in [2.24, 2.45) is 0 Å². The molecule has 0 amide bonds. The number of hydrogen-bond donors (Lipinski definition) is 0. The molecule has 3 saturated heterocycles. The molecule has 1 nitrogen and oxygen atoms in total. The molecule has 0 aliphatic carbocycles. The summed E-state index contributed by atoms with van der Waals surface area (Å²) in [6.07, 6.45) is 14.4. The highest BCUT2D eigenvalue weighted by molar-refractivity contribution is 8.18. The van der Waals surface area contributed by atoms with Gasteiger partial charge in [0, 0.05) is 18.1 Å². The first-order chi connectivity index (χ1) is 10.3. The van der Waals surface area contributed by atoms with Crippen molar-refractivity contribution in [2.75, 3.05) is 11.5 Å². The average Bonchev–Trinajstić information content (AvgIpc) is 2.89. The first-order valence-electron chi connectivity index (χ1n) is 9.33. The third-order valence-electron chi connectivity index (χ3n) is 5.72. The van der Waals surface area contributed by atoms with Gasteiger partial charge < -0.3 is 0 Å². The monoisotopic (exact) mass is 327 g/mol. The summed E-state index contributed by atoms with van der Waals surface area (Å²) in [6, 6.07) is 2.72. The number of unbranched alkanes of at least 4 members (excludes halogenated alkanes) is 1. The summed E-state index contributed by atoms with van der Waals surface area (Å²) in [5.41, 5.74) is 0. The van der Waals surface area contributed by atoms with Crippen LogP contribution in [0.5, 0.6) is 0 Å². The van der Waals surface area contributed by atoms with Gasteiger partial charge in [-0.05, 0) is 56.5 Å². The number of thioether (sulfide) groups is 2. The molecule has 3 aliphatic heterocycles. The molecule has 0 bridgehead atoms. The van der Waals surface area contributed by atoms with E-state index in [-0.39, 0.29) is 0 Å². The molecule has 0 N–H and O–H groups in total. The van der Waals surface area contributed by atoms with Crippen LogP contribution in [0.25, 0.3) is 0 Å². The zero-order chi connectivity index (χ0) is 14.7. The SMILES string of the molecule is CCCC[C@@H]1CC[C@H]2CC3(C[C@@H](CCC)N12)SCCCS3. The molecule has 0 aromatic carbocycles. The molecular formula is C18H33NS2. The van der Waals surface area contributed by atoms with Crippen molar-refractivity contribution >= 4 is 23.5 Å². The Labute approximate surface area is 140 Å². The average molecular weight is 328 g/mol. The molecule has 0 aromatic heterocycles. The van der Waals surface area contributed by atoms with Crippen LogP contribution in [0.2, 0.25) is 0 Å². The summed E-state index contributed by atoms with van der Waals surface area (Å²) in [5.74, 6) is 2.83. The number of piperidine rings is 1. The molecule has 3 fully saturated rings. The second kappa shape index (κ2) is 7.49. The van der Waals surface area contributed by atoms with E-state index in [9.17, 15) is 0 Å². The van der Waals surface area contributed by atoms with Crippen LogP contribution in [0, 0.1) is 0 Å². The van der Waals surface area contributed by atoms with Crippen molar-refractivity contribution in [3.8, 4) is 0 Å². The molecule has 3 heterocycles. The number of rotatable bonds is 5. The lowest BCUT2D eigenvalue weighted by molar-refractivity contribution is 0.0694. The van der Waals surface area contributed by atoms with Crippen molar-refractivity contribution in [1.29, 1.82) is 0 Å². The van der Waals surface area contributed by atoms with Crippen LogP contribution >= 0.6 is 23.5 Å². The van der Waals surface area contributed by atoms with Crippen molar-refractivity contribution in [3.63, 3.8) is 0 Å². The van der Waals surface area contributed by atoms with Gasteiger partial charge in [0.1, 0.15) is 0 Å². The lowest BCUT2D eigenvalue weighted by Gasteiger charge is -2.51. The number of nitrogens with zero attached hydrogens (tertiary/aromatic N) is 1. The summed E-state index contributed by atoms with van der Waals surface area (Å²) < 4.78 is 0.596. The van der Waals surface area contributed by atoms with E-state index >= 15 is 0 Å². The van der Waals surface area contributed by atoms with Crippen molar-refractivity contribution < 1.29 is 0 Å². The number of hydrogen-bond acceptors (Lipinski definition) is 3. The van der Waals surface area contributed by atoms with E-state index in [1.165, 1.54) is 75.7 Å². The van der Waals surface area contributed by atoms with Crippen LogP contribution in [0.15, 0.2) is 0 Å². The molecule has 122 valence electrons. The third kappa shape index (κ3) is 3.61. The van der Waals surface area contributed by atoms with E-state index in [1.54, 1.807) is 0 Å². The molecule has 3 rings (SSSR count). The minimum absolute atomic E-state index is 0.596. The molecule has 3 atom stereocenters. The van der Waals surface area contributed by atoms with E-state index in [0.29, 0.717) is 4.08 Å². The summed E-state index contributed by atoms with van der Waals surface area (Å²) in [7, 11) is 0. The zero-order valence-corrected chi connectivity index (χ0v) is 15.6. The quantitative estimate of drug-likeness (QED) is 0.653. The maximum atomic E-state index is 3.01. The molecule has 0 aromatic rings. The van der Waals surface area contributed by atoms with Crippen LogP contribution in [0.3, 0.4) is 0 Å². The third-order valence-corrected chi connectivity index (χ3v) is 9.13. The Hall–Kier alpha value is 0.660. The maximum absolute atomic E-state index is 3.01. The van der Waals surface area contributed by atoms with Crippen LogP contribution in [-0.4, -0.2) is 38.6 Å². The van der Waals surface area contributed by atoms with Crippen LogP contribution < -0.4 is 0 Å². The smallest absolute Gasteiger partial charge is 0.0640 e. The minimum atomic E-state index is 0.596. The minimum Gasteiger partial charge on any atom is -0.294 e. The second-order valence-electron chi connectivity index (χ2n) is 7.29. The Balaban J connectivity index is 1.71. The highest BCUT2D eigenvalue weighted by Gasteiger charge is 2.49. The zero-order valence-electron chi connectivity index (χ0n) is 14.0. The Morgan fingerprint density at radius 3 is 2.48 bits per heavy atom. The largest absolute Gasteiger partial charge is 0.294 e. The van der Waals surface area contributed by atoms with Gasteiger partial charge >= 0.3 is 0 Å². The predicted molar refractivity (Wildman–Crippen MR) is 98.4 cm³/mol. The topological polar surface area (TPSA) is 3.24 Å². The van der Waals surface area contributed by atoms with Gasteiger partial charge in [0.25, 0.3) is 0 Å². The van der Waals surface area contributed by atoms with Crippen LogP contribution in [0.1, 0.15) is 78.1 Å². The fraction of sp³-hybridized carbons (Fsp3) is 1.00. The van der Waals surface area contributed by atoms with Crippen LogP contribution in [-0.2, 0) is 0 Å². The van der Waals surface area contributed by atoms with E-state index in [0.717, 1.165) is 18.1 Å². The van der Waals surface area contributed by atoms with E-state index in [1.807, 2.05) is 0 Å². The van der Waals surface area contributed by atoms with Crippen LogP contribution in [0.4, 0.5) is 0 Å². The van der Waals surface area contributed by atoms with Gasteiger partial charge in [-0.1, -0.05) is 33.1 Å². The van der Waals surface area contributed by atoms with Gasteiger partial charge in [-0.3, -0.25) is 4.90 Å². The maximum Gasteiger partial charge on any atom is 0.0640 e. The van der Waals surface area contributed by atoms with Gasteiger partial charge in [0.05, 0.1) is 4.08 Å². The van der Waals surface area contributed by atoms with Crippen molar-refractivity contribution in [3.05, 3.63) is 0 Å². The first kappa shape index (κ1) is 16.5. The lowest BCUT2D eigenvalue weighted by Crippen LogP contribution is -2.54. The molecule has 3 heteroatoms. The molecule has 0 radical (unpaired) electrons. The highest BCUT2D eigenvalue weighted by Crippen LogP contribution is 2.55. The Morgan fingerprint density at radius 2 is 1.76 bits per heavy atom. The van der Waals surface area contributed by atoms with Gasteiger partial charge in [0.2, 0.25) is 0 Å². The van der Waals surface area contributed by atoms with Gasteiger partial charge in [-0.25, -0.2) is 0 Å². The molecule has 21 heavy (non-hydrogen) atoms. The first-order valence-corrected chi connectivity index (χ1v) is 11.3. The Kier molecular flexibility index (Phi) is 5.89. The molecule has 0 unspecified atom stereocenters. The highest BCUT2D eigenvalue weighted by atomic mass is 32.2. The van der Waals surface area contributed by atoms with E-state index in [4.69, 9.17) is 0 Å². The van der Waals surface area contributed by atoms with Gasteiger partial charge in [0.15, 0.2) is 0 Å². The van der Waals surface area contributed by atoms with Gasteiger partial charge in [-0.2, -0.15) is 0 Å².